The molecule has 0 aromatic heterocycles. The highest BCUT2D eigenvalue weighted by Gasteiger charge is 2.07. The SMILES string of the molecule is CCCCCCCCOc1cccc(C=O)c1F. The average molecular weight is 252 g/mol. The van der Waals surface area contributed by atoms with E-state index in [-0.39, 0.29) is 11.3 Å². The molecule has 0 aliphatic carbocycles. The molecular weight excluding hydrogens is 231 g/mol. The third-order valence-electron chi connectivity index (χ3n) is 2.88. The maximum absolute atomic E-state index is 13.6. The maximum Gasteiger partial charge on any atom is 0.175 e. The van der Waals surface area contributed by atoms with E-state index in [1.165, 1.54) is 31.7 Å². The molecule has 0 saturated carbocycles. The van der Waals surface area contributed by atoms with Crippen molar-refractivity contribution < 1.29 is 13.9 Å². The summed E-state index contributed by atoms with van der Waals surface area (Å²) in [4.78, 5) is 10.6. The van der Waals surface area contributed by atoms with Crippen molar-refractivity contribution in [2.75, 3.05) is 6.61 Å². The Kier molecular flexibility index (Phi) is 7.07. The van der Waals surface area contributed by atoms with E-state index in [2.05, 4.69) is 6.92 Å². The topological polar surface area (TPSA) is 26.3 Å². The van der Waals surface area contributed by atoms with Gasteiger partial charge in [0.25, 0.3) is 0 Å². The van der Waals surface area contributed by atoms with Crippen molar-refractivity contribution >= 4 is 6.29 Å². The standard InChI is InChI=1S/C15H21FO2/c1-2-3-4-5-6-7-11-18-14-10-8-9-13(12-17)15(14)16/h8-10,12H,2-7,11H2,1H3. The van der Waals surface area contributed by atoms with E-state index in [4.69, 9.17) is 4.74 Å². The lowest BCUT2D eigenvalue weighted by Gasteiger charge is -2.07. The molecule has 0 heterocycles. The minimum Gasteiger partial charge on any atom is -0.490 e. The first-order chi connectivity index (χ1) is 8.79. The lowest BCUT2D eigenvalue weighted by Crippen LogP contribution is -2.01. The highest BCUT2D eigenvalue weighted by molar-refractivity contribution is 5.76. The molecule has 0 saturated heterocycles. The first-order valence-corrected chi connectivity index (χ1v) is 6.66. The van der Waals surface area contributed by atoms with E-state index in [9.17, 15) is 9.18 Å². The molecule has 1 rings (SSSR count). The minimum atomic E-state index is -0.557. The van der Waals surface area contributed by atoms with Gasteiger partial charge in [0, 0.05) is 0 Å². The first-order valence-electron chi connectivity index (χ1n) is 6.66. The van der Waals surface area contributed by atoms with Crippen molar-refractivity contribution in [1.29, 1.82) is 0 Å². The average Bonchev–Trinajstić information content (AvgIpc) is 2.39. The molecular formula is C15H21FO2. The molecule has 100 valence electrons. The van der Waals surface area contributed by atoms with Crippen LogP contribution in [0.3, 0.4) is 0 Å². The summed E-state index contributed by atoms with van der Waals surface area (Å²) >= 11 is 0. The minimum absolute atomic E-state index is 0.0513. The van der Waals surface area contributed by atoms with Crippen LogP contribution in [0, 0.1) is 5.82 Å². The van der Waals surface area contributed by atoms with Crippen molar-refractivity contribution in [3.63, 3.8) is 0 Å². The van der Waals surface area contributed by atoms with Crippen molar-refractivity contribution in [3.8, 4) is 5.75 Å². The number of aldehydes is 1. The summed E-state index contributed by atoms with van der Waals surface area (Å²) < 4.78 is 18.9. The quantitative estimate of drug-likeness (QED) is 0.481. The summed E-state index contributed by atoms with van der Waals surface area (Å²) in [7, 11) is 0. The van der Waals surface area contributed by atoms with E-state index >= 15 is 0 Å². The zero-order chi connectivity index (χ0) is 13.2. The Bertz CT molecular complexity index is 364. The second-order valence-electron chi connectivity index (χ2n) is 4.39. The Hall–Kier alpha value is -1.38. The molecule has 0 unspecified atom stereocenters. The van der Waals surface area contributed by atoms with Crippen LogP contribution in [0.5, 0.6) is 5.75 Å². The van der Waals surface area contributed by atoms with Gasteiger partial charge in [-0.05, 0) is 18.6 Å². The number of rotatable bonds is 9. The van der Waals surface area contributed by atoms with Gasteiger partial charge in [-0.2, -0.15) is 0 Å². The Morgan fingerprint density at radius 3 is 2.61 bits per heavy atom. The van der Waals surface area contributed by atoms with Gasteiger partial charge in [0.2, 0.25) is 0 Å². The van der Waals surface area contributed by atoms with Crippen LogP contribution in [0.1, 0.15) is 55.8 Å². The van der Waals surface area contributed by atoms with E-state index in [0.717, 1.165) is 12.8 Å². The number of unbranched alkanes of at least 4 members (excludes halogenated alkanes) is 5. The van der Waals surface area contributed by atoms with Gasteiger partial charge in [-0.15, -0.1) is 0 Å². The zero-order valence-corrected chi connectivity index (χ0v) is 11.0. The summed E-state index contributed by atoms with van der Waals surface area (Å²) in [6, 6.07) is 4.63. The number of halogens is 1. The van der Waals surface area contributed by atoms with Gasteiger partial charge < -0.3 is 4.74 Å². The van der Waals surface area contributed by atoms with Gasteiger partial charge in [0.1, 0.15) is 0 Å². The molecule has 0 aliphatic heterocycles. The van der Waals surface area contributed by atoms with E-state index < -0.39 is 5.82 Å². The predicted octanol–water partition coefficient (Wildman–Crippen LogP) is 4.38. The van der Waals surface area contributed by atoms with Crippen molar-refractivity contribution in [1.82, 2.24) is 0 Å². The molecule has 0 atom stereocenters. The summed E-state index contributed by atoms with van der Waals surface area (Å²) in [5.41, 5.74) is 0.0513. The van der Waals surface area contributed by atoms with Crippen molar-refractivity contribution in [3.05, 3.63) is 29.6 Å². The van der Waals surface area contributed by atoms with E-state index in [1.54, 1.807) is 12.1 Å². The van der Waals surface area contributed by atoms with Crippen LogP contribution in [-0.4, -0.2) is 12.9 Å². The fraction of sp³-hybridized carbons (Fsp3) is 0.533. The largest absolute Gasteiger partial charge is 0.490 e. The van der Waals surface area contributed by atoms with Gasteiger partial charge in [-0.1, -0.05) is 45.1 Å². The maximum atomic E-state index is 13.6. The molecule has 2 nitrogen and oxygen atoms in total. The van der Waals surface area contributed by atoms with Crippen LogP contribution in [0.15, 0.2) is 18.2 Å². The highest BCUT2D eigenvalue weighted by atomic mass is 19.1. The van der Waals surface area contributed by atoms with Gasteiger partial charge in [0.15, 0.2) is 17.9 Å². The predicted molar refractivity (Wildman–Crippen MR) is 70.7 cm³/mol. The summed E-state index contributed by atoms with van der Waals surface area (Å²) in [5.74, 6) is -0.383. The fourth-order valence-electron chi connectivity index (χ4n) is 1.79. The van der Waals surface area contributed by atoms with Crippen molar-refractivity contribution in [2.45, 2.75) is 45.4 Å². The fourth-order valence-corrected chi connectivity index (χ4v) is 1.79. The Labute approximate surface area is 108 Å². The summed E-state index contributed by atoms with van der Waals surface area (Å²) in [6.45, 7) is 2.69. The van der Waals surface area contributed by atoms with Crippen molar-refractivity contribution in [2.24, 2.45) is 0 Å². The number of hydrogen-bond donors (Lipinski definition) is 0. The number of carbonyl (C=O) groups is 1. The van der Waals surface area contributed by atoms with Crippen LogP contribution in [0.25, 0.3) is 0 Å². The van der Waals surface area contributed by atoms with Crippen LogP contribution in [-0.2, 0) is 0 Å². The van der Waals surface area contributed by atoms with Crippen LogP contribution in [0.2, 0.25) is 0 Å². The number of carbonyl (C=O) groups excluding carboxylic acids is 1. The Balaban J connectivity index is 2.25. The molecule has 0 bridgehead atoms. The normalized spacial score (nSPS) is 10.3. The van der Waals surface area contributed by atoms with Crippen LogP contribution in [0.4, 0.5) is 4.39 Å². The van der Waals surface area contributed by atoms with Gasteiger partial charge >= 0.3 is 0 Å². The lowest BCUT2D eigenvalue weighted by molar-refractivity contribution is 0.111. The lowest BCUT2D eigenvalue weighted by atomic mass is 10.1. The zero-order valence-electron chi connectivity index (χ0n) is 11.0. The molecule has 3 heteroatoms. The third kappa shape index (κ3) is 4.86. The molecule has 0 spiro atoms. The number of hydrogen-bond acceptors (Lipinski definition) is 2. The second-order valence-corrected chi connectivity index (χ2v) is 4.39. The molecule has 1 aromatic rings. The Morgan fingerprint density at radius 2 is 1.89 bits per heavy atom. The third-order valence-corrected chi connectivity index (χ3v) is 2.88. The van der Waals surface area contributed by atoms with Gasteiger partial charge in [0.05, 0.1) is 12.2 Å². The molecule has 0 fully saturated rings. The molecule has 0 N–H and O–H groups in total. The molecule has 0 amide bonds. The first kappa shape index (κ1) is 14.7. The van der Waals surface area contributed by atoms with Gasteiger partial charge in [-0.3, -0.25) is 4.79 Å². The van der Waals surface area contributed by atoms with E-state index in [0.29, 0.717) is 12.9 Å². The molecule has 0 radical (unpaired) electrons. The molecule has 1 aromatic carbocycles. The number of ether oxygens (including phenoxy) is 1. The van der Waals surface area contributed by atoms with E-state index in [1.807, 2.05) is 0 Å². The van der Waals surface area contributed by atoms with Gasteiger partial charge in [-0.25, -0.2) is 4.39 Å². The highest BCUT2D eigenvalue weighted by Crippen LogP contribution is 2.19. The monoisotopic (exact) mass is 252 g/mol. The number of benzene rings is 1. The summed E-state index contributed by atoms with van der Waals surface area (Å²) in [6.07, 6.45) is 7.51. The molecule has 0 aliphatic rings. The van der Waals surface area contributed by atoms with Crippen LogP contribution < -0.4 is 4.74 Å². The molecule has 18 heavy (non-hydrogen) atoms. The summed E-state index contributed by atoms with van der Waals surface area (Å²) in [5, 5.41) is 0. The Morgan fingerprint density at radius 1 is 1.17 bits per heavy atom. The smallest absolute Gasteiger partial charge is 0.175 e. The second kappa shape index (κ2) is 8.67. The van der Waals surface area contributed by atoms with Crippen LogP contribution >= 0.6 is 0 Å².